The van der Waals surface area contributed by atoms with E-state index in [2.05, 4.69) is 4.99 Å². The molecule has 0 bridgehead atoms. The monoisotopic (exact) mass is 364 g/mol. The van der Waals surface area contributed by atoms with Gasteiger partial charge in [-0.05, 0) is 38.5 Å². The van der Waals surface area contributed by atoms with Crippen LogP contribution in [-0.4, -0.2) is 33.8 Å². The van der Waals surface area contributed by atoms with E-state index in [0.29, 0.717) is 21.5 Å². The summed E-state index contributed by atoms with van der Waals surface area (Å²) in [4.78, 5) is 31.2. The number of carbonyl (C=O) groups excluding carboxylic acids is 2. The summed E-state index contributed by atoms with van der Waals surface area (Å²) in [6, 6.07) is 6.60. The summed E-state index contributed by atoms with van der Waals surface area (Å²) >= 11 is 7.38. The lowest BCUT2D eigenvalue weighted by molar-refractivity contribution is -0.139. The number of nitrogens with zero attached hydrogens (tertiary/aromatic N) is 2. The molecule has 0 spiro atoms. The number of aliphatic imine (C=N–C) groups is 1. The topological polar surface area (TPSA) is 59.0 Å². The molecule has 7 heteroatoms. The number of hydrogen-bond donors (Lipinski definition) is 0. The van der Waals surface area contributed by atoms with Crippen LogP contribution in [0.2, 0.25) is 5.02 Å². The van der Waals surface area contributed by atoms with E-state index in [4.69, 9.17) is 16.3 Å². The average molecular weight is 365 g/mol. The van der Waals surface area contributed by atoms with E-state index in [-0.39, 0.29) is 17.8 Å². The van der Waals surface area contributed by atoms with Crippen molar-refractivity contribution in [1.82, 2.24) is 4.90 Å². The van der Waals surface area contributed by atoms with Gasteiger partial charge < -0.3 is 4.74 Å². The molecular formula is C17H17ClN2O3S. The Kier molecular flexibility index (Phi) is 4.69. The predicted octanol–water partition coefficient (Wildman–Crippen LogP) is 3.55. The second kappa shape index (κ2) is 6.61. The molecule has 5 nitrogen and oxygen atoms in total. The van der Waals surface area contributed by atoms with Crippen molar-refractivity contribution in [3.8, 4) is 0 Å². The molecule has 1 aromatic carbocycles. The molecule has 0 aliphatic carbocycles. The molecule has 0 aromatic heterocycles. The van der Waals surface area contributed by atoms with Crippen LogP contribution in [0.1, 0.15) is 32.4 Å². The molecule has 126 valence electrons. The molecule has 1 aromatic rings. The van der Waals surface area contributed by atoms with Crippen LogP contribution in [0, 0.1) is 0 Å². The van der Waals surface area contributed by atoms with Crippen LogP contribution in [0.25, 0.3) is 0 Å². The summed E-state index contributed by atoms with van der Waals surface area (Å²) in [6.07, 6.45) is 0. The maximum atomic E-state index is 12.6. The van der Waals surface area contributed by atoms with Gasteiger partial charge in [0.1, 0.15) is 0 Å². The number of thioether (sulfide) groups is 1. The predicted molar refractivity (Wildman–Crippen MR) is 94.9 cm³/mol. The molecule has 2 atom stereocenters. The quantitative estimate of drug-likeness (QED) is 0.769. The molecule has 0 unspecified atom stereocenters. The second-order valence-electron chi connectivity index (χ2n) is 5.54. The van der Waals surface area contributed by atoms with E-state index in [1.54, 1.807) is 30.9 Å². The smallest absolute Gasteiger partial charge is 0.338 e. The number of amides is 1. The van der Waals surface area contributed by atoms with Gasteiger partial charge in [0, 0.05) is 5.02 Å². The lowest BCUT2D eigenvalue weighted by Crippen LogP contribution is -2.40. The van der Waals surface area contributed by atoms with E-state index in [1.807, 2.05) is 19.1 Å². The molecule has 2 aliphatic heterocycles. The van der Waals surface area contributed by atoms with Gasteiger partial charge in [-0.15, -0.1) is 0 Å². The van der Waals surface area contributed by atoms with Crippen molar-refractivity contribution < 1.29 is 14.3 Å². The third-order valence-electron chi connectivity index (χ3n) is 3.94. The highest BCUT2D eigenvalue weighted by molar-refractivity contribution is 8.15. The molecule has 1 saturated heterocycles. The van der Waals surface area contributed by atoms with Crippen molar-refractivity contribution in [3.63, 3.8) is 0 Å². The first-order valence-electron chi connectivity index (χ1n) is 7.65. The highest BCUT2D eigenvalue weighted by Gasteiger charge is 2.46. The van der Waals surface area contributed by atoms with Crippen molar-refractivity contribution in [2.45, 2.75) is 32.1 Å². The van der Waals surface area contributed by atoms with Crippen LogP contribution >= 0.6 is 23.4 Å². The highest BCUT2D eigenvalue weighted by Crippen LogP contribution is 2.43. The number of esters is 1. The Bertz CT molecular complexity index is 758. The van der Waals surface area contributed by atoms with E-state index in [0.717, 1.165) is 5.56 Å². The Morgan fingerprint density at radius 3 is 2.67 bits per heavy atom. The van der Waals surface area contributed by atoms with E-state index in [9.17, 15) is 9.59 Å². The van der Waals surface area contributed by atoms with Gasteiger partial charge in [0.25, 0.3) is 0 Å². The molecule has 2 aliphatic rings. The Labute approximate surface area is 149 Å². The summed E-state index contributed by atoms with van der Waals surface area (Å²) in [5.74, 6) is -0.511. The molecule has 1 amide bonds. The Hall–Kier alpha value is -1.79. The highest BCUT2D eigenvalue weighted by atomic mass is 35.5. The number of rotatable bonds is 3. The Morgan fingerprint density at radius 2 is 2.04 bits per heavy atom. The zero-order chi connectivity index (χ0) is 17.4. The van der Waals surface area contributed by atoms with Crippen molar-refractivity contribution in [2.24, 2.45) is 4.99 Å². The third-order valence-corrected chi connectivity index (χ3v) is 5.25. The van der Waals surface area contributed by atoms with Crippen molar-refractivity contribution in [1.29, 1.82) is 0 Å². The van der Waals surface area contributed by atoms with Gasteiger partial charge in [0.15, 0.2) is 5.17 Å². The first kappa shape index (κ1) is 17.0. The third kappa shape index (κ3) is 2.84. The maximum Gasteiger partial charge on any atom is 0.338 e. The van der Waals surface area contributed by atoms with E-state index in [1.165, 1.54) is 11.8 Å². The Balaban J connectivity index is 2.14. The number of hydrogen-bond acceptors (Lipinski definition) is 5. The average Bonchev–Trinajstić information content (AvgIpc) is 2.81. The SMILES string of the molecule is CCOC(=O)C1=C(C)N=C2S[C@@H](C)C(=O)N2[C@H]1c1ccc(Cl)cc1. The summed E-state index contributed by atoms with van der Waals surface area (Å²) in [5.41, 5.74) is 1.78. The number of fused-ring (bicyclic) bond motifs is 1. The van der Waals surface area contributed by atoms with Gasteiger partial charge in [-0.1, -0.05) is 35.5 Å². The normalized spacial score (nSPS) is 23.2. The fraction of sp³-hybridized carbons (Fsp3) is 0.353. The largest absolute Gasteiger partial charge is 0.463 e. The summed E-state index contributed by atoms with van der Waals surface area (Å²) in [5, 5.41) is 0.989. The minimum absolute atomic E-state index is 0.0620. The first-order chi connectivity index (χ1) is 11.4. The van der Waals surface area contributed by atoms with Crippen molar-refractivity contribution >= 4 is 40.4 Å². The van der Waals surface area contributed by atoms with Crippen LogP contribution < -0.4 is 0 Å². The number of allylic oxidation sites excluding steroid dienone is 1. The van der Waals surface area contributed by atoms with E-state index >= 15 is 0 Å². The van der Waals surface area contributed by atoms with Crippen LogP contribution in [-0.2, 0) is 14.3 Å². The number of halogens is 1. The van der Waals surface area contributed by atoms with Crippen LogP contribution in [0.15, 0.2) is 40.5 Å². The molecule has 0 N–H and O–H groups in total. The van der Waals surface area contributed by atoms with Gasteiger partial charge in [-0.25, -0.2) is 9.79 Å². The summed E-state index contributed by atoms with van der Waals surface area (Å²) < 4.78 is 5.20. The van der Waals surface area contributed by atoms with Gasteiger partial charge in [0.05, 0.1) is 29.2 Å². The lowest BCUT2D eigenvalue weighted by Gasteiger charge is -2.33. The first-order valence-corrected chi connectivity index (χ1v) is 8.91. The van der Waals surface area contributed by atoms with Gasteiger partial charge in [-0.2, -0.15) is 0 Å². The number of ether oxygens (including phenoxy) is 1. The number of amidine groups is 1. The van der Waals surface area contributed by atoms with Gasteiger partial charge >= 0.3 is 5.97 Å². The van der Waals surface area contributed by atoms with Crippen molar-refractivity contribution in [3.05, 3.63) is 46.1 Å². The molecule has 1 fully saturated rings. The number of carbonyl (C=O) groups is 2. The zero-order valence-electron chi connectivity index (χ0n) is 13.6. The molecule has 24 heavy (non-hydrogen) atoms. The standard InChI is InChI=1S/C17H17ClN2O3S/c1-4-23-16(22)13-9(2)19-17-20(15(21)10(3)24-17)14(13)11-5-7-12(18)8-6-11/h5-8,10,14H,4H2,1-3H3/t10-,14-/m0/s1. The zero-order valence-corrected chi connectivity index (χ0v) is 15.1. The maximum absolute atomic E-state index is 12.6. The fourth-order valence-corrected chi connectivity index (χ4v) is 3.99. The Morgan fingerprint density at radius 1 is 1.38 bits per heavy atom. The molecular weight excluding hydrogens is 348 g/mol. The van der Waals surface area contributed by atoms with Crippen molar-refractivity contribution in [2.75, 3.05) is 6.61 Å². The summed E-state index contributed by atoms with van der Waals surface area (Å²) in [7, 11) is 0. The van der Waals surface area contributed by atoms with Gasteiger partial charge in [0.2, 0.25) is 5.91 Å². The second-order valence-corrected chi connectivity index (χ2v) is 7.28. The van der Waals surface area contributed by atoms with E-state index < -0.39 is 12.0 Å². The van der Waals surface area contributed by atoms with Gasteiger partial charge in [-0.3, -0.25) is 9.69 Å². The van der Waals surface area contributed by atoms with Crippen LogP contribution in [0.3, 0.4) is 0 Å². The molecule has 3 rings (SSSR count). The minimum atomic E-state index is -0.543. The molecule has 0 radical (unpaired) electrons. The molecule has 2 heterocycles. The minimum Gasteiger partial charge on any atom is -0.463 e. The number of benzene rings is 1. The lowest BCUT2D eigenvalue weighted by atomic mass is 9.94. The molecule has 0 saturated carbocycles. The fourth-order valence-electron chi connectivity index (χ4n) is 2.83. The van der Waals surface area contributed by atoms with Crippen LogP contribution in [0.4, 0.5) is 0 Å². The van der Waals surface area contributed by atoms with Crippen LogP contribution in [0.5, 0.6) is 0 Å². The summed E-state index contributed by atoms with van der Waals surface area (Å²) in [6.45, 7) is 5.62.